The maximum absolute atomic E-state index is 5.38. The second-order valence-electron chi connectivity index (χ2n) is 4.28. The van der Waals surface area contributed by atoms with Crippen molar-refractivity contribution in [3.05, 3.63) is 21.7 Å². The van der Waals surface area contributed by atoms with Crippen LogP contribution in [0.1, 0.15) is 37.9 Å². The molecule has 0 saturated carbocycles. The van der Waals surface area contributed by atoms with Crippen molar-refractivity contribution >= 4 is 12.2 Å². The highest BCUT2D eigenvalue weighted by atomic mass is 32.1. The summed E-state index contributed by atoms with van der Waals surface area (Å²) in [4.78, 5) is 7.45. The molecule has 0 aromatic carbocycles. The summed E-state index contributed by atoms with van der Waals surface area (Å²) in [5.41, 5.74) is 1.54. The Hall–Kier alpha value is -1.14. The van der Waals surface area contributed by atoms with E-state index >= 15 is 0 Å². The van der Waals surface area contributed by atoms with Gasteiger partial charge in [-0.25, -0.2) is 4.98 Å². The SMILES string of the molecule is C#Cc1[nH]c(C(C)(C)C)nc(=S)c1C. The Labute approximate surface area is 89.8 Å². The summed E-state index contributed by atoms with van der Waals surface area (Å²) in [6.45, 7) is 8.08. The summed E-state index contributed by atoms with van der Waals surface area (Å²) in [6.07, 6.45) is 5.38. The van der Waals surface area contributed by atoms with Gasteiger partial charge in [-0.2, -0.15) is 0 Å². The number of rotatable bonds is 0. The molecule has 0 aliphatic heterocycles. The first-order valence-corrected chi connectivity index (χ1v) is 4.85. The Morgan fingerprint density at radius 2 is 2.00 bits per heavy atom. The number of nitrogens with one attached hydrogen (secondary N) is 1. The van der Waals surface area contributed by atoms with Crippen LogP contribution in [0.25, 0.3) is 0 Å². The van der Waals surface area contributed by atoms with Crippen LogP contribution in [-0.2, 0) is 5.41 Å². The van der Waals surface area contributed by atoms with Gasteiger partial charge in [0.25, 0.3) is 0 Å². The monoisotopic (exact) mass is 206 g/mol. The molecule has 0 fully saturated rings. The molecule has 0 saturated heterocycles. The average Bonchev–Trinajstić information content (AvgIpc) is 2.07. The fourth-order valence-electron chi connectivity index (χ4n) is 1.03. The number of nitrogens with zero attached hydrogens (tertiary/aromatic N) is 1. The zero-order valence-electron chi connectivity index (χ0n) is 8.93. The molecule has 0 spiro atoms. The third kappa shape index (κ3) is 2.02. The summed E-state index contributed by atoms with van der Waals surface area (Å²) in [5.74, 6) is 3.42. The fourth-order valence-corrected chi connectivity index (χ4v) is 1.23. The van der Waals surface area contributed by atoms with Crippen LogP contribution in [0.15, 0.2) is 0 Å². The van der Waals surface area contributed by atoms with Gasteiger partial charge in [0.1, 0.15) is 10.5 Å². The summed E-state index contributed by atoms with van der Waals surface area (Å²) in [5, 5.41) is 0. The lowest BCUT2D eigenvalue weighted by Gasteiger charge is -2.18. The van der Waals surface area contributed by atoms with Gasteiger partial charge in [-0.1, -0.05) is 38.9 Å². The lowest BCUT2D eigenvalue weighted by molar-refractivity contribution is 0.542. The number of aromatic amines is 1. The minimum absolute atomic E-state index is 0.0626. The second kappa shape index (κ2) is 3.55. The van der Waals surface area contributed by atoms with E-state index in [9.17, 15) is 0 Å². The molecule has 0 aliphatic carbocycles. The molecule has 0 radical (unpaired) electrons. The minimum Gasteiger partial charge on any atom is -0.336 e. The molecule has 1 heterocycles. The van der Waals surface area contributed by atoms with E-state index in [0.29, 0.717) is 4.64 Å². The van der Waals surface area contributed by atoms with Crippen LogP contribution >= 0.6 is 12.2 Å². The maximum Gasteiger partial charge on any atom is 0.133 e. The van der Waals surface area contributed by atoms with Crippen LogP contribution in [0.4, 0.5) is 0 Å². The lowest BCUT2D eigenvalue weighted by Crippen LogP contribution is -2.17. The van der Waals surface area contributed by atoms with Gasteiger partial charge in [-0.15, -0.1) is 6.42 Å². The minimum atomic E-state index is -0.0626. The first kappa shape index (κ1) is 10.9. The molecule has 1 aromatic heterocycles. The normalized spacial score (nSPS) is 11.1. The molecular formula is C11H14N2S. The van der Waals surface area contributed by atoms with E-state index in [-0.39, 0.29) is 5.41 Å². The summed E-state index contributed by atoms with van der Waals surface area (Å²) >= 11 is 5.14. The first-order valence-electron chi connectivity index (χ1n) is 4.44. The van der Waals surface area contributed by atoms with E-state index in [4.69, 9.17) is 18.6 Å². The Bertz CT molecular complexity index is 444. The fraction of sp³-hybridized carbons (Fsp3) is 0.455. The van der Waals surface area contributed by atoms with Crippen LogP contribution in [-0.4, -0.2) is 9.97 Å². The highest BCUT2D eigenvalue weighted by Gasteiger charge is 2.17. The van der Waals surface area contributed by atoms with E-state index in [0.717, 1.165) is 17.1 Å². The van der Waals surface area contributed by atoms with Crippen LogP contribution in [0, 0.1) is 23.9 Å². The molecule has 74 valence electrons. The molecule has 2 nitrogen and oxygen atoms in total. The summed E-state index contributed by atoms with van der Waals surface area (Å²) in [6, 6.07) is 0. The quantitative estimate of drug-likeness (QED) is 0.522. The predicted octanol–water partition coefficient (Wildman–Crippen LogP) is 2.73. The Morgan fingerprint density at radius 3 is 2.43 bits per heavy atom. The highest BCUT2D eigenvalue weighted by Crippen LogP contribution is 2.19. The molecule has 0 unspecified atom stereocenters. The number of hydrogen-bond donors (Lipinski definition) is 1. The first-order chi connectivity index (χ1) is 6.36. The molecule has 1 rings (SSSR count). The topological polar surface area (TPSA) is 28.7 Å². The molecule has 1 aromatic rings. The predicted molar refractivity (Wildman–Crippen MR) is 60.8 cm³/mol. The van der Waals surface area contributed by atoms with Crippen molar-refractivity contribution in [1.29, 1.82) is 0 Å². The summed E-state index contributed by atoms with van der Waals surface area (Å²) < 4.78 is 0.585. The van der Waals surface area contributed by atoms with Gasteiger partial charge in [0.15, 0.2) is 0 Å². The van der Waals surface area contributed by atoms with Crippen molar-refractivity contribution in [2.24, 2.45) is 0 Å². The largest absolute Gasteiger partial charge is 0.336 e. The number of H-pyrrole nitrogens is 1. The van der Waals surface area contributed by atoms with Crippen LogP contribution in [0.5, 0.6) is 0 Å². The molecular weight excluding hydrogens is 192 g/mol. The van der Waals surface area contributed by atoms with Crippen molar-refractivity contribution in [3.8, 4) is 12.3 Å². The molecule has 14 heavy (non-hydrogen) atoms. The summed E-state index contributed by atoms with van der Waals surface area (Å²) in [7, 11) is 0. The van der Waals surface area contributed by atoms with Gasteiger partial charge in [-0.3, -0.25) is 0 Å². The standard InChI is InChI=1S/C11H14N2S/c1-6-8-7(2)9(14)13-10(12-8)11(3,4)5/h1H,2-5H3,(H,12,13,14). The molecule has 0 bridgehead atoms. The van der Waals surface area contributed by atoms with Crippen molar-refractivity contribution in [2.75, 3.05) is 0 Å². The van der Waals surface area contributed by atoms with Crippen LogP contribution in [0.3, 0.4) is 0 Å². The molecule has 0 aliphatic rings. The zero-order chi connectivity index (χ0) is 10.9. The van der Waals surface area contributed by atoms with Gasteiger partial charge in [0, 0.05) is 11.0 Å². The van der Waals surface area contributed by atoms with Gasteiger partial charge in [-0.05, 0) is 6.92 Å². The van der Waals surface area contributed by atoms with Gasteiger partial charge >= 0.3 is 0 Å². The maximum atomic E-state index is 5.38. The van der Waals surface area contributed by atoms with E-state index in [1.54, 1.807) is 0 Å². The number of terminal acetylenes is 1. The molecule has 1 N–H and O–H groups in total. The van der Waals surface area contributed by atoms with Crippen molar-refractivity contribution in [2.45, 2.75) is 33.1 Å². The van der Waals surface area contributed by atoms with Crippen molar-refractivity contribution in [3.63, 3.8) is 0 Å². The third-order valence-electron chi connectivity index (χ3n) is 2.01. The number of hydrogen-bond acceptors (Lipinski definition) is 2. The van der Waals surface area contributed by atoms with Crippen molar-refractivity contribution in [1.82, 2.24) is 9.97 Å². The average molecular weight is 206 g/mol. The Balaban J connectivity index is 3.48. The zero-order valence-corrected chi connectivity index (χ0v) is 9.75. The van der Waals surface area contributed by atoms with Crippen molar-refractivity contribution < 1.29 is 0 Å². The lowest BCUT2D eigenvalue weighted by atomic mass is 9.95. The molecule has 0 amide bonds. The molecule has 0 atom stereocenters. The smallest absolute Gasteiger partial charge is 0.133 e. The second-order valence-corrected chi connectivity index (χ2v) is 4.67. The van der Waals surface area contributed by atoms with Gasteiger partial charge in [0.2, 0.25) is 0 Å². The van der Waals surface area contributed by atoms with E-state index in [1.807, 2.05) is 6.92 Å². The third-order valence-corrected chi connectivity index (χ3v) is 2.40. The Kier molecular flexibility index (Phi) is 2.77. The van der Waals surface area contributed by atoms with Gasteiger partial charge in [0.05, 0.1) is 5.69 Å². The van der Waals surface area contributed by atoms with Gasteiger partial charge < -0.3 is 4.98 Å². The number of aromatic nitrogens is 2. The Morgan fingerprint density at radius 1 is 1.43 bits per heavy atom. The van der Waals surface area contributed by atoms with Crippen LogP contribution in [0.2, 0.25) is 0 Å². The molecule has 3 heteroatoms. The van der Waals surface area contributed by atoms with E-state index < -0.39 is 0 Å². The van der Waals surface area contributed by atoms with Crippen LogP contribution < -0.4 is 0 Å². The van der Waals surface area contributed by atoms with E-state index in [1.165, 1.54) is 0 Å². The highest BCUT2D eigenvalue weighted by molar-refractivity contribution is 7.71. The van der Waals surface area contributed by atoms with E-state index in [2.05, 4.69) is 36.7 Å².